The van der Waals surface area contributed by atoms with Crippen LogP contribution >= 0.6 is 11.6 Å². The van der Waals surface area contributed by atoms with Gasteiger partial charge >= 0.3 is 0 Å². The summed E-state index contributed by atoms with van der Waals surface area (Å²) in [4.78, 5) is 13.3. The molecule has 1 heterocycles. The van der Waals surface area contributed by atoms with E-state index >= 15 is 0 Å². The molecule has 2 rings (SSSR count). The molecule has 0 saturated carbocycles. The Hall–Kier alpha value is -1.48. The number of carbonyl (C=O) groups excluding carboxylic acids is 1. The summed E-state index contributed by atoms with van der Waals surface area (Å²) in [6, 6.07) is 3.25. The van der Waals surface area contributed by atoms with Gasteiger partial charge in [0.2, 0.25) is 0 Å². The summed E-state index contributed by atoms with van der Waals surface area (Å²) in [6.45, 7) is 0. The lowest BCUT2D eigenvalue weighted by Crippen LogP contribution is -1.75. The van der Waals surface area contributed by atoms with Crippen LogP contribution in [0.1, 0.15) is 10.4 Å². The van der Waals surface area contributed by atoms with Gasteiger partial charge in [-0.2, -0.15) is 0 Å². The first kappa shape index (κ1) is 8.13. The Bertz CT molecular complexity index is 476. The largest absolute Gasteiger partial charge is 0.504 e. The first-order valence-corrected chi connectivity index (χ1v) is 4.05. The van der Waals surface area contributed by atoms with Crippen LogP contribution in [-0.4, -0.2) is 16.4 Å². The van der Waals surface area contributed by atoms with Crippen molar-refractivity contribution >= 4 is 28.8 Å². The number of aldehydes is 1. The third-order valence-corrected chi connectivity index (χ3v) is 2.24. The summed E-state index contributed by atoms with van der Waals surface area (Å²) in [6.07, 6.45) is 2.26. The molecule has 13 heavy (non-hydrogen) atoms. The number of aromatic hydroxyl groups is 1. The van der Waals surface area contributed by atoms with Gasteiger partial charge in [-0.15, -0.1) is 0 Å². The number of hydrogen-bond donors (Lipinski definition) is 2. The van der Waals surface area contributed by atoms with Gasteiger partial charge in [0, 0.05) is 17.1 Å². The molecule has 0 bridgehead atoms. The van der Waals surface area contributed by atoms with Gasteiger partial charge in [0.25, 0.3) is 0 Å². The minimum atomic E-state index is -0.0210. The van der Waals surface area contributed by atoms with Crippen LogP contribution in [0, 0.1) is 0 Å². The fourth-order valence-corrected chi connectivity index (χ4v) is 1.44. The predicted octanol–water partition coefficient (Wildman–Crippen LogP) is 2.34. The predicted molar refractivity (Wildman–Crippen MR) is 50.4 cm³/mol. The van der Waals surface area contributed by atoms with E-state index in [0.717, 1.165) is 6.29 Å². The van der Waals surface area contributed by atoms with E-state index in [1.807, 2.05) is 0 Å². The first-order chi connectivity index (χ1) is 6.24. The fourth-order valence-electron chi connectivity index (χ4n) is 1.28. The van der Waals surface area contributed by atoms with E-state index in [4.69, 9.17) is 11.6 Å². The van der Waals surface area contributed by atoms with Crippen molar-refractivity contribution in [1.82, 2.24) is 4.98 Å². The van der Waals surface area contributed by atoms with E-state index in [0.29, 0.717) is 16.5 Å². The SMILES string of the molecule is O=Cc1c[nH]c2c(O)c(Cl)ccc12. The van der Waals surface area contributed by atoms with Gasteiger partial charge in [-0.3, -0.25) is 4.79 Å². The number of rotatable bonds is 1. The summed E-state index contributed by atoms with van der Waals surface area (Å²) in [5.41, 5.74) is 1.01. The van der Waals surface area contributed by atoms with E-state index in [1.54, 1.807) is 12.1 Å². The van der Waals surface area contributed by atoms with Crippen LogP contribution in [0.4, 0.5) is 0 Å². The van der Waals surface area contributed by atoms with Crippen molar-refractivity contribution in [3.8, 4) is 5.75 Å². The fraction of sp³-hybridized carbons (Fsp3) is 0. The van der Waals surface area contributed by atoms with Crippen molar-refractivity contribution < 1.29 is 9.90 Å². The highest BCUT2D eigenvalue weighted by Gasteiger charge is 2.08. The molecule has 0 spiro atoms. The Morgan fingerprint density at radius 1 is 1.46 bits per heavy atom. The molecule has 0 saturated heterocycles. The molecule has 0 fully saturated rings. The molecule has 0 amide bonds. The number of hydrogen-bond acceptors (Lipinski definition) is 2. The number of aromatic nitrogens is 1. The van der Waals surface area contributed by atoms with E-state index in [9.17, 15) is 9.90 Å². The van der Waals surface area contributed by atoms with Crippen LogP contribution in [0.15, 0.2) is 18.3 Å². The topological polar surface area (TPSA) is 53.1 Å². The molecule has 2 N–H and O–H groups in total. The van der Waals surface area contributed by atoms with Crippen molar-refractivity contribution in [3.63, 3.8) is 0 Å². The van der Waals surface area contributed by atoms with Crippen LogP contribution in [0.25, 0.3) is 10.9 Å². The lowest BCUT2D eigenvalue weighted by atomic mass is 10.2. The average Bonchev–Trinajstić information content (AvgIpc) is 2.55. The maximum atomic E-state index is 10.5. The summed E-state index contributed by atoms with van der Waals surface area (Å²) in [5.74, 6) is -0.0210. The maximum absolute atomic E-state index is 10.5. The summed E-state index contributed by atoms with van der Waals surface area (Å²) in [5, 5.41) is 10.4. The highest BCUT2D eigenvalue weighted by atomic mass is 35.5. The molecular weight excluding hydrogens is 190 g/mol. The molecule has 3 nitrogen and oxygen atoms in total. The van der Waals surface area contributed by atoms with Crippen LogP contribution in [0.2, 0.25) is 5.02 Å². The van der Waals surface area contributed by atoms with E-state index in [1.165, 1.54) is 6.20 Å². The summed E-state index contributed by atoms with van der Waals surface area (Å²) < 4.78 is 0. The Balaban J connectivity index is 2.88. The average molecular weight is 196 g/mol. The second-order valence-electron chi connectivity index (χ2n) is 2.68. The molecule has 0 aliphatic carbocycles. The van der Waals surface area contributed by atoms with Crippen molar-refractivity contribution in [3.05, 3.63) is 28.9 Å². The first-order valence-electron chi connectivity index (χ1n) is 3.68. The Kier molecular flexibility index (Phi) is 1.74. The number of benzene rings is 1. The Labute approximate surface area is 78.9 Å². The minimum Gasteiger partial charge on any atom is -0.504 e. The zero-order valence-corrected chi connectivity index (χ0v) is 7.30. The van der Waals surface area contributed by atoms with Gasteiger partial charge in [0.05, 0.1) is 10.5 Å². The molecule has 0 radical (unpaired) electrons. The van der Waals surface area contributed by atoms with Gasteiger partial charge in [0.1, 0.15) is 0 Å². The monoisotopic (exact) mass is 195 g/mol. The van der Waals surface area contributed by atoms with Crippen LogP contribution in [-0.2, 0) is 0 Å². The van der Waals surface area contributed by atoms with E-state index in [-0.39, 0.29) is 10.8 Å². The van der Waals surface area contributed by atoms with Crippen molar-refractivity contribution in [2.24, 2.45) is 0 Å². The molecule has 1 aromatic heterocycles. The highest BCUT2D eigenvalue weighted by Crippen LogP contribution is 2.32. The molecule has 4 heteroatoms. The van der Waals surface area contributed by atoms with Crippen molar-refractivity contribution in [2.75, 3.05) is 0 Å². The Morgan fingerprint density at radius 3 is 2.92 bits per heavy atom. The molecule has 1 aromatic carbocycles. The zero-order chi connectivity index (χ0) is 9.42. The van der Waals surface area contributed by atoms with Crippen LogP contribution in [0.5, 0.6) is 5.75 Å². The molecule has 0 unspecified atom stereocenters. The number of phenols is 1. The quantitative estimate of drug-likeness (QED) is 0.687. The summed E-state index contributed by atoms with van der Waals surface area (Å²) >= 11 is 5.68. The highest BCUT2D eigenvalue weighted by molar-refractivity contribution is 6.33. The molecule has 0 aliphatic heterocycles. The second kappa shape index (κ2) is 2.78. The third-order valence-electron chi connectivity index (χ3n) is 1.94. The van der Waals surface area contributed by atoms with Gasteiger partial charge in [-0.05, 0) is 6.07 Å². The second-order valence-corrected chi connectivity index (χ2v) is 3.09. The standard InChI is InChI=1S/C9H6ClNO2/c10-7-2-1-6-5(4-12)3-11-8(6)9(7)13/h1-4,11,13H. The number of halogens is 1. The minimum absolute atomic E-state index is 0.0210. The summed E-state index contributed by atoms with van der Waals surface area (Å²) in [7, 11) is 0. The molecule has 66 valence electrons. The van der Waals surface area contributed by atoms with Gasteiger partial charge in [0.15, 0.2) is 12.0 Å². The number of fused-ring (bicyclic) bond motifs is 1. The maximum Gasteiger partial charge on any atom is 0.158 e. The van der Waals surface area contributed by atoms with E-state index < -0.39 is 0 Å². The molecular formula is C9H6ClNO2. The van der Waals surface area contributed by atoms with Crippen molar-refractivity contribution in [2.45, 2.75) is 0 Å². The number of H-pyrrole nitrogens is 1. The zero-order valence-electron chi connectivity index (χ0n) is 6.54. The number of carbonyl (C=O) groups is 1. The van der Waals surface area contributed by atoms with Gasteiger partial charge in [-0.1, -0.05) is 17.7 Å². The lowest BCUT2D eigenvalue weighted by Gasteiger charge is -1.97. The van der Waals surface area contributed by atoms with Crippen LogP contribution in [0.3, 0.4) is 0 Å². The molecule has 0 aliphatic rings. The van der Waals surface area contributed by atoms with Crippen LogP contribution < -0.4 is 0 Å². The third kappa shape index (κ3) is 1.09. The Morgan fingerprint density at radius 2 is 2.23 bits per heavy atom. The normalized spacial score (nSPS) is 10.5. The smallest absolute Gasteiger partial charge is 0.158 e. The lowest BCUT2D eigenvalue weighted by molar-refractivity contribution is 0.112. The number of aromatic amines is 1. The molecule has 2 aromatic rings. The van der Waals surface area contributed by atoms with E-state index in [2.05, 4.69) is 4.98 Å². The molecule has 0 atom stereocenters. The van der Waals surface area contributed by atoms with Gasteiger partial charge < -0.3 is 10.1 Å². The number of phenolic OH excluding ortho intramolecular Hbond substituents is 1. The number of nitrogens with one attached hydrogen (secondary N) is 1. The van der Waals surface area contributed by atoms with Gasteiger partial charge in [-0.25, -0.2) is 0 Å². The van der Waals surface area contributed by atoms with Crippen molar-refractivity contribution in [1.29, 1.82) is 0 Å².